The molecule has 0 radical (unpaired) electrons. The van der Waals surface area contributed by atoms with Crippen LogP contribution in [-0.4, -0.2) is 15.7 Å². The minimum atomic E-state index is 0.209. The lowest BCUT2D eigenvalue weighted by Gasteiger charge is -2.09. The van der Waals surface area contributed by atoms with Gasteiger partial charge in [0.2, 0.25) is 0 Å². The first-order valence-corrected chi connectivity index (χ1v) is 4.74. The van der Waals surface area contributed by atoms with Crippen LogP contribution < -0.4 is 4.74 Å². The maximum atomic E-state index is 5.61. The molecule has 0 atom stereocenters. The Bertz CT molecular complexity index is 445. The van der Waals surface area contributed by atoms with E-state index in [-0.39, 0.29) is 6.10 Å². The van der Waals surface area contributed by atoms with Crippen LogP contribution in [0.25, 0.3) is 11.0 Å². The van der Waals surface area contributed by atoms with E-state index in [1.165, 1.54) is 0 Å². The van der Waals surface area contributed by atoms with Gasteiger partial charge in [-0.3, -0.25) is 0 Å². The first kappa shape index (κ1) is 9.06. The quantitative estimate of drug-likeness (QED) is 0.726. The molecule has 2 rings (SSSR count). The largest absolute Gasteiger partial charge is 0.491 e. The lowest BCUT2D eigenvalue weighted by atomic mass is 10.3. The van der Waals surface area contributed by atoms with Crippen molar-refractivity contribution in [3.63, 3.8) is 0 Å². The van der Waals surface area contributed by atoms with Crippen LogP contribution in [0.5, 0.6) is 5.75 Å². The molecule has 1 aromatic carbocycles. The predicted octanol–water partition coefficient (Wildman–Crippen LogP) is 2.36. The maximum absolute atomic E-state index is 5.61. The molecule has 74 valence electrons. The van der Waals surface area contributed by atoms with Crippen LogP contribution in [-0.2, 0) is 7.05 Å². The molecule has 3 heteroatoms. The number of aryl methyl sites for hydroxylation is 1. The van der Waals surface area contributed by atoms with Crippen molar-refractivity contribution in [2.75, 3.05) is 0 Å². The normalized spacial score (nSPS) is 11.1. The van der Waals surface area contributed by atoms with E-state index in [0.29, 0.717) is 0 Å². The van der Waals surface area contributed by atoms with E-state index in [1.807, 2.05) is 50.0 Å². The third-order valence-corrected chi connectivity index (χ3v) is 2.07. The summed E-state index contributed by atoms with van der Waals surface area (Å²) in [4.78, 5) is 4.25. The van der Waals surface area contributed by atoms with Crippen LogP contribution in [0.4, 0.5) is 0 Å². The highest BCUT2D eigenvalue weighted by Crippen LogP contribution is 2.20. The van der Waals surface area contributed by atoms with Crippen molar-refractivity contribution < 1.29 is 4.74 Å². The molecule has 0 spiro atoms. The molecule has 1 heterocycles. The molecule has 1 aromatic heterocycles. The Hall–Kier alpha value is -1.51. The summed E-state index contributed by atoms with van der Waals surface area (Å²) in [5.74, 6) is 0.899. The molecule has 2 aromatic rings. The second-order valence-corrected chi connectivity index (χ2v) is 3.67. The van der Waals surface area contributed by atoms with Crippen molar-refractivity contribution in [3.8, 4) is 5.75 Å². The summed E-state index contributed by atoms with van der Waals surface area (Å²) >= 11 is 0. The van der Waals surface area contributed by atoms with Crippen molar-refractivity contribution in [2.24, 2.45) is 7.05 Å². The van der Waals surface area contributed by atoms with Crippen LogP contribution in [0, 0.1) is 0 Å². The predicted molar refractivity (Wildman–Crippen MR) is 56.5 cm³/mol. The summed E-state index contributed by atoms with van der Waals surface area (Å²) in [6.07, 6.45) is 2.02. The second-order valence-electron chi connectivity index (χ2n) is 3.67. The highest BCUT2D eigenvalue weighted by molar-refractivity contribution is 5.76. The van der Waals surface area contributed by atoms with Crippen molar-refractivity contribution in [1.82, 2.24) is 9.55 Å². The van der Waals surface area contributed by atoms with Gasteiger partial charge in [-0.1, -0.05) is 0 Å². The topological polar surface area (TPSA) is 27.1 Å². The lowest BCUT2D eigenvalue weighted by Crippen LogP contribution is -2.05. The zero-order chi connectivity index (χ0) is 10.1. The number of benzene rings is 1. The Morgan fingerprint density at radius 2 is 2.14 bits per heavy atom. The molecule has 14 heavy (non-hydrogen) atoms. The van der Waals surface area contributed by atoms with E-state index in [1.54, 1.807) is 0 Å². The van der Waals surface area contributed by atoms with Gasteiger partial charge in [-0.2, -0.15) is 0 Å². The van der Waals surface area contributed by atoms with Crippen LogP contribution in [0.15, 0.2) is 24.5 Å². The standard InChI is InChI=1S/C11H14N2O/c1-8(2)14-9-4-5-10-11(6-9)13(3)7-12-10/h4-8H,1-3H3. The first-order chi connectivity index (χ1) is 6.66. The summed E-state index contributed by atoms with van der Waals surface area (Å²) < 4.78 is 7.59. The van der Waals surface area contributed by atoms with Gasteiger partial charge in [-0.05, 0) is 26.0 Å². The fourth-order valence-corrected chi connectivity index (χ4v) is 1.45. The zero-order valence-corrected chi connectivity index (χ0v) is 8.69. The monoisotopic (exact) mass is 190 g/mol. The summed E-state index contributed by atoms with van der Waals surface area (Å²) in [6.45, 7) is 4.04. The molecule has 0 N–H and O–H groups in total. The molecule has 0 aliphatic carbocycles. The number of ether oxygens (including phenoxy) is 1. The van der Waals surface area contributed by atoms with Crippen LogP contribution >= 0.6 is 0 Å². The molecule has 0 fully saturated rings. The van der Waals surface area contributed by atoms with E-state index in [4.69, 9.17) is 4.74 Å². The van der Waals surface area contributed by atoms with Gasteiger partial charge >= 0.3 is 0 Å². The summed E-state index contributed by atoms with van der Waals surface area (Å²) in [5.41, 5.74) is 2.10. The Labute approximate surface area is 83.3 Å². The fourth-order valence-electron chi connectivity index (χ4n) is 1.45. The average molecular weight is 190 g/mol. The third-order valence-electron chi connectivity index (χ3n) is 2.07. The minimum absolute atomic E-state index is 0.209. The summed E-state index contributed by atoms with van der Waals surface area (Å²) in [5, 5.41) is 0. The molecular weight excluding hydrogens is 176 g/mol. The fraction of sp³-hybridized carbons (Fsp3) is 0.364. The number of imidazole rings is 1. The average Bonchev–Trinajstić information content (AvgIpc) is 2.47. The molecular formula is C11H14N2O. The van der Waals surface area contributed by atoms with Gasteiger partial charge in [0.1, 0.15) is 5.75 Å². The van der Waals surface area contributed by atoms with Gasteiger partial charge in [-0.15, -0.1) is 0 Å². The minimum Gasteiger partial charge on any atom is -0.491 e. The highest BCUT2D eigenvalue weighted by Gasteiger charge is 2.02. The van der Waals surface area contributed by atoms with E-state index >= 15 is 0 Å². The van der Waals surface area contributed by atoms with E-state index in [2.05, 4.69) is 4.98 Å². The summed E-state index contributed by atoms with van der Waals surface area (Å²) in [6, 6.07) is 5.95. The number of rotatable bonds is 2. The van der Waals surface area contributed by atoms with Gasteiger partial charge < -0.3 is 9.30 Å². The number of aromatic nitrogens is 2. The van der Waals surface area contributed by atoms with Crippen molar-refractivity contribution >= 4 is 11.0 Å². The Kier molecular flexibility index (Phi) is 2.15. The van der Waals surface area contributed by atoms with Gasteiger partial charge in [0.15, 0.2) is 0 Å². The number of nitrogens with zero attached hydrogens (tertiary/aromatic N) is 2. The molecule has 0 bridgehead atoms. The van der Waals surface area contributed by atoms with E-state index in [9.17, 15) is 0 Å². The van der Waals surface area contributed by atoms with Gasteiger partial charge in [-0.25, -0.2) is 4.98 Å². The van der Waals surface area contributed by atoms with Crippen molar-refractivity contribution in [3.05, 3.63) is 24.5 Å². The van der Waals surface area contributed by atoms with Crippen LogP contribution in [0.2, 0.25) is 0 Å². The molecule has 0 saturated carbocycles. The zero-order valence-electron chi connectivity index (χ0n) is 8.69. The first-order valence-electron chi connectivity index (χ1n) is 4.74. The van der Waals surface area contributed by atoms with Gasteiger partial charge in [0, 0.05) is 13.1 Å². The van der Waals surface area contributed by atoms with E-state index < -0.39 is 0 Å². The molecule has 0 aliphatic rings. The van der Waals surface area contributed by atoms with Crippen molar-refractivity contribution in [2.45, 2.75) is 20.0 Å². The molecule has 0 amide bonds. The Morgan fingerprint density at radius 1 is 1.36 bits per heavy atom. The van der Waals surface area contributed by atoms with Crippen LogP contribution in [0.3, 0.4) is 0 Å². The highest BCUT2D eigenvalue weighted by atomic mass is 16.5. The maximum Gasteiger partial charge on any atom is 0.121 e. The Balaban J connectivity index is 2.44. The van der Waals surface area contributed by atoms with Crippen molar-refractivity contribution in [1.29, 1.82) is 0 Å². The SMILES string of the molecule is CC(C)Oc1ccc2ncn(C)c2c1. The molecule has 0 unspecified atom stereocenters. The van der Waals surface area contributed by atoms with Gasteiger partial charge in [0.25, 0.3) is 0 Å². The second kappa shape index (κ2) is 3.33. The smallest absolute Gasteiger partial charge is 0.121 e. The van der Waals surface area contributed by atoms with E-state index in [0.717, 1.165) is 16.8 Å². The molecule has 0 saturated heterocycles. The lowest BCUT2D eigenvalue weighted by molar-refractivity contribution is 0.242. The third kappa shape index (κ3) is 1.58. The van der Waals surface area contributed by atoms with Gasteiger partial charge in [0.05, 0.1) is 23.5 Å². The molecule has 0 aliphatic heterocycles. The number of hydrogen-bond donors (Lipinski definition) is 0. The summed E-state index contributed by atoms with van der Waals surface area (Å²) in [7, 11) is 1.98. The number of hydrogen-bond acceptors (Lipinski definition) is 2. The Morgan fingerprint density at radius 3 is 2.86 bits per heavy atom. The van der Waals surface area contributed by atoms with Crippen LogP contribution in [0.1, 0.15) is 13.8 Å². The molecule has 3 nitrogen and oxygen atoms in total. The number of fused-ring (bicyclic) bond motifs is 1.